The van der Waals surface area contributed by atoms with Crippen molar-refractivity contribution in [1.82, 2.24) is 5.32 Å². The number of rotatable bonds is 4. The Labute approximate surface area is 128 Å². The van der Waals surface area contributed by atoms with E-state index in [0.29, 0.717) is 11.5 Å². The summed E-state index contributed by atoms with van der Waals surface area (Å²) in [7, 11) is 2.13. The third kappa shape index (κ3) is 3.13. The van der Waals surface area contributed by atoms with Crippen LogP contribution in [-0.2, 0) is 6.42 Å². The Bertz CT molecular complexity index is 596. The minimum Gasteiger partial charge on any atom is -0.316 e. The minimum absolute atomic E-state index is 0.457. The molecule has 0 heterocycles. The van der Waals surface area contributed by atoms with Crippen LogP contribution in [0.4, 0.5) is 0 Å². The molecule has 1 aliphatic carbocycles. The van der Waals surface area contributed by atoms with Crippen LogP contribution < -0.4 is 5.32 Å². The number of benzene rings is 2. The molecular formula is C20H27N. The summed E-state index contributed by atoms with van der Waals surface area (Å²) in [5.41, 5.74) is 1.92. The van der Waals surface area contributed by atoms with Crippen LogP contribution in [-0.4, -0.2) is 13.1 Å². The Hall–Kier alpha value is -1.34. The average Bonchev–Trinajstić information content (AvgIpc) is 2.53. The summed E-state index contributed by atoms with van der Waals surface area (Å²) in [5, 5.41) is 6.31. The second kappa shape index (κ2) is 6.19. The van der Waals surface area contributed by atoms with Gasteiger partial charge in [-0.05, 0) is 48.1 Å². The van der Waals surface area contributed by atoms with E-state index in [9.17, 15) is 0 Å². The first-order valence-corrected chi connectivity index (χ1v) is 8.36. The Balaban J connectivity index is 1.81. The van der Waals surface area contributed by atoms with Crippen molar-refractivity contribution in [2.24, 2.45) is 5.41 Å². The van der Waals surface area contributed by atoms with E-state index in [4.69, 9.17) is 0 Å². The van der Waals surface area contributed by atoms with E-state index in [1.165, 1.54) is 48.4 Å². The lowest BCUT2D eigenvalue weighted by molar-refractivity contribution is 0.149. The van der Waals surface area contributed by atoms with Gasteiger partial charge in [0, 0.05) is 6.04 Å². The van der Waals surface area contributed by atoms with Gasteiger partial charge < -0.3 is 5.32 Å². The van der Waals surface area contributed by atoms with Gasteiger partial charge in [-0.2, -0.15) is 0 Å². The first kappa shape index (κ1) is 14.6. The number of nitrogens with one attached hydrogen (secondary N) is 1. The van der Waals surface area contributed by atoms with Crippen LogP contribution in [0.1, 0.15) is 44.6 Å². The molecule has 0 aliphatic heterocycles. The van der Waals surface area contributed by atoms with Crippen LogP contribution in [0.15, 0.2) is 42.5 Å². The van der Waals surface area contributed by atoms with Crippen LogP contribution >= 0.6 is 0 Å². The molecule has 0 amide bonds. The van der Waals surface area contributed by atoms with Gasteiger partial charge in [-0.1, -0.05) is 68.7 Å². The van der Waals surface area contributed by atoms with Gasteiger partial charge in [0.15, 0.2) is 0 Å². The maximum atomic E-state index is 3.61. The Kier molecular flexibility index (Phi) is 4.30. The maximum absolute atomic E-state index is 3.61. The number of hydrogen-bond donors (Lipinski definition) is 1. The number of fused-ring (bicyclic) bond motifs is 1. The fraction of sp³-hybridized carbons (Fsp3) is 0.500. The Morgan fingerprint density at radius 2 is 1.71 bits per heavy atom. The van der Waals surface area contributed by atoms with Gasteiger partial charge in [-0.15, -0.1) is 0 Å². The molecule has 1 aliphatic rings. The minimum atomic E-state index is 0.457. The molecule has 2 aromatic rings. The molecule has 2 aromatic carbocycles. The molecule has 21 heavy (non-hydrogen) atoms. The smallest absolute Gasteiger partial charge is 0.0158 e. The zero-order chi connectivity index (χ0) is 14.7. The normalized spacial score (nSPS) is 19.5. The lowest BCUT2D eigenvalue weighted by Crippen LogP contribution is -2.44. The molecule has 0 saturated heterocycles. The monoisotopic (exact) mass is 281 g/mol. The summed E-state index contributed by atoms with van der Waals surface area (Å²) < 4.78 is 0. The van der Waals surface area contributed by atoms with Gasteiger partial charge in [-0.3, -0.25) is 0 Å². The highest BCUT2D eigenvalue weighted by atomic mass is 14.9. The van der Waals surface area contributed by atoms with Crippen LogP contribution in [0.3, 0.4) is 0 Å². The molecule has 0 aromatic heterocycles. The zero-order valence-electron chi connectivity index (χ0n) is 13.4. The molecule has 1 unspecified atom stereocenters. The van der Waals surface area contributed by atoms with Crippen LogP contribution in [0.25, 0.3) is 10.8 Å². The highest BCUT2D eigenvalue weighted by molar-refractivity contribution is 5.83. The summed E-state index contributed by atoms with van der Waals surface area (Å²) in [6.45, 7) is 2.48. The second-order valence-electron chi connectivity index (χ2n) is 6.94. The summed E-state index contributed by atoms with van der Waals surface area (Å²) >= 11 is 0. The van der Waals surface area contributed by atoms with Crippen LogP contribution in [0.2, 0.25) is 0 Å². The first-order valence-electron chi connectivity index (χ1n) is 8.36. The van der Waals surface area contributed by atoms with Crippen LogP contribution in [0, 0.1) is 5.41 Å². The molecule has 1 N–H and O–H groups in total. The fourth-order valence-corrected chi connectivity index (χ4v) is 4.01. The van der Waals surface area contributed by atoms with Crippen molar-refractivity contribution in [3.63, 3.8) is 0 Å². The largest absolute Gasteiger partial charge is 0.316 e. The maximum Gasteiger partial charge on any atom is 0.0158 e. The molecule has 1 heteroatoms. The Morgan fingerprint density at radius 3 is 2.43 bits per heavy atom. The highest BCUT2D eigenvalue weighted by Gasteiger charge is 2.34. The van der Waals surface area contributed by atoms with E-state index in [1.807, 2.05) is 0 Å². The lowest BCUT2D eigenvalue weighted by atomic mass is 9.69. The SMILES string of the molecule is CNC(Cc1ccc2ccccc2c1)C1(C)CCCCC1. The topological polar surface area (TPSA) is 12.0 Å². The van der Waals surface area contributed by atoms with Crippen LogP contribution in [0.5, 0.6) is 0 Å². The van der Waals surface area contributed by atoms with E-state index < -0.39 is 0 Å². The van der Waals surface area contributed by atoms with Gasteiger partial charge in [0.05, 0.1) is 0 Å². The summed E-state index contributed by atoms with van der Waals surface area (Å²) in [6, 6.07) is 16.2. The molecular weight excluding hydrogens is 254 g/mol. The zero-order valence-corrected chi connectivity index (χ0v) is 13.4. The average molecular weight is 281 g/mol. The first-order chi connectivity index (χ1) is 10.2. The molecule has 3 rings (SSSR count). The van der Waals surface area contributed by atoms with Crippen molar-refractivity contribution < 1.29 is 0 Å². The number of hydrogen-bond acceptors (Lipinski definition) is 1. The quantitative estimate of drug-likeness (QED) is 0.837. The molecule has 1 saturated carbocycles. The van der Waals surface area contributed by atoms with Crippen molar-refractivity contribution in [3.05, 3.63) is 48.0 Å². The molecule has 112 valence electrons. The van der Waals surface area contributed by atoms with Crippen molar-refractivity contribution >= 4 is 10.8 Å². The van der Waals surface area contributed by atoms with Crippen molar-refractivity contribution in [2.75, 3.05) is 7.05 Å². The van der Waals surface area contributed by atoms with Gasteiger partial charge in [0.25, 0.3) is 0 Å². The fourth-order valence-electron chi connectivity index (χ4n) is 4.01. The third-order valence-corrected chi connectivity index (χ3v) is 5.44. The van der Waals surface area contributed by atoms with E-state index in [0.717, 1.165) is 6.42 Å². The highest BCUT2D eigenvalue weighted by Crippen LogP contribution is 2.39. The Morgan fingerprint density at radius 1 is 1.00 bits per heavy atom. The van der Waals surface area contributed by atoms with Crippen molar-refractivity contribution in [3.8, 4) is 0 Å². The molecule has 0 bridgehead atoms. The van der Waals surface area contributed by atoms with E-state index >= 15 is 0 Å². The number of likely N-dealkylation sites (N-methyl/N-ethyl adjacent to an activating group) is 1. The van der Waals surface area contributed by atoms with Gasteiger partial charge >= 0.3 is 0 Å². The predicted octanol–water partition coefficient (Wildman–Crippen LogP) is 4.94. The molecule has 1 nitrogen and oxygen atoms in total. The van der Waals surface area contributed by atoms with E-state index in [-0.39, 0.29) is 0 Å². The van der Waals surface area contributed by atoms with Gasteiger partial charge in [0.2, 0.25) is 0 Å². The summed E-state index contributed by atoms with van der Waals surface area (Å²) in [6.07, 6.45) is 8.08. The molecule has 1 fully saturated rings. The van der Waals surface area contributed by atoms with Gasteiger partial charge in [-0.25, -0.2) is 0 Å². The molecule has 0 spiro atoms. The van der Waals surface area contributed by atoms with E-state index in [1.54, 1.807) is 0 Å². The third-order valence-electron chi connectivity index (χ3n) is 5.44. The predicted molar refractivity (Wildman–Crippen MR) is 91.7 cm³/mol. The standard InChI is InChI=1S/C20H27N/c1-20(12-6-3-7-13-20)19(21-2)15-16-10-11-17-8-4-5-9-18(17)14-16/h4-5,8-11,14,19,21H,3,6-7,12-13,15H2,1-2H3. The summed E-state index contributed by atoms with van der Waals surface area (Å²) in [5.74, 6) is 0. The molecule has 0 radical (unpaired) electrons. The lowest BCUT2D eigenvalue weighted by Gasteiger charge is -2.41. The van der Waals surface area contributed by atoms with Gasteiger partial charge in [0.1, 0.15) is 0 Å². The van der Waals surface area contributed by atoms with Crippen molar-refractivity contribution in [2.45, 2.75) is 51.5 Å². The summed E-state index contributed by atoms with van der Waals surface area (Å²) in [4.78, 5) is 0. The van der Waals surface area contributed by atoms with E-state index in [2.05, 4.69) is 61.8 Å². The molecule has 1 atom stereocenters. The van der Waals surface area contributed by atoms with Crippen molar-refractivity contribution in [1.29, 1.82) is 0 Å². The second-order valence-corrected chi connectivity index (χ2v) is 6.94.